The van der Waals surface area contributed by atoms with E-state index >= 15 is 0 Å². The lowest BCUT2D eigenvalue weighted by Crippen LogP contribution is -2.46. The number of esters is 1. The van der Waals surface area contributed by atoms with Gasteiger partial charge in [0.1, 0.15) is 0 Å². The van der Waals surface area contributed by atoms with Crippen LogP contribution in [0.5, 0.6) is 0 Å². The highest BCUT2D eigenvalue weighted by molar-refractivity contribution is 6.06. The van der Waals surface area contributed by atoms with E-state index in [0.717, 1.165) is 54.3 Å². The number of ether oxygens (including phenoxy) is 1. The molecule has 0 fully saturated rings. The highest BCUT2D eigenvalue weighted by atomic mass is 16.5. The Hall–Kier alpha value is -2.96. The van der Waals surface area contributed by atoms with Crippen LogP contribution < -0.4 is 10.6 Å². The number of rotatable bonds is 4. The molecule has 1 aromatic heterocycles. The summed E-state index contributed by atoms with van der Waals surface area (Å²) in [6.07, 6.45) is 3.59. The summed E-state index contributed by atoms with van der Waals surface area (Å²) in [5.41, 5.74) is 3.07. The molecule has 1 aliphatic rings. The molecule has 0 unspecified atom stereocenters. The molecule has 1 aliphatic carbocycles. The van der Waals surface area contributed by atoms with Gasteiger partial charge >= 0.3 is 12.0 Å². The zero-order valence-electron chi connectivity index (χ0n) is 17.1. The summed E-state index contributed by atoms with van der Waals surface area (Å²) in [6.45, 7) is 5.03. The van der Waals surface area contributed by atoms with E-state index in [4.69, 9.17) is 9.72 Å². The molecule has 1 atom stereocenters. The van der Waals surface area contributed by atoms with Crippen molar-refractivity contribution in [2.24, 2.45) is 0 Å². The van der Waals surface area contributed by atoms with Gasteiger partial charge in [0.25, 0.3) is 5.91 Å². The number of pyridine rings is 1. The average Bonchev–Trinajstić information content (AvgIpc) is 2.90. The fraction of sp³-hybridized carbons (Fsp3) is 0.455. The number of imide groups is 1. The third-order valence-corrected chi connectivity index (χ3v) is 4.93. The zero-order valence-corrected chi connectivity index (χ0v) is 17.1. The first kappa shape index (κ1) is 20.8. The van der Waals surface area contributed by atoms with Crippen molar-refractivity contribution >= 4 is 28.8 Å². The van der Waals surface area contributed by atoms with E-state index in [2.05, 4.69) is 10.6 Å². The maximum atomic E-state index is 13.1. The quantitative estimate of drug-likeness (QED) is 0.609. The van der Waals surface area contributed by atoms with Crippen molar-refractivity contribution in [3.8, 4) is 0 Å². The van der Waals surface area contributed by atoms with Crippen LogP contribution in [0.4, 0.5) is 4.79 Å². The third-order valence-electron chi connectivity index (χ3n) is 4.93. The molecule has 29 heavy (non-hydrogen) atoms. The van der Waals surface area contributed by atoms with Crippen molar-refractivity contribution in [2.75, 3.05) is 0 Å². The number of fused-ring (bicyclic) bond motifs is 2. The number of aryl methyl sites for hydroxylation is 1. The molecule has 7 nitrogen and oxygen atoms in total. The fourth-order valence-electron chi connectivity index (χ4n) is 3.57. The second-order valence-electron chi connectivity index (χ2n) is 7.65. The lowest BCUT2D eigenvalue weighted by atomic mass is 9.97. The highest BCUT2D eigenvalue weighted by Gasteiger charge is 2.26. The van der Waals surface area contributed by atoms with Crippen molar-refractivity contribution in [1.29, 1.82) is 0 Å². The van der Waals surface area contributed by atoms with Crippen LogP contribution in [0.25, 0.3) is 10.9 Å². The van der Waals surface area contributed by atoms with Gasteiger partial charge in [-0.15, -0.1) is 0 Å². The molecule has 0 aliphatic heterocycles. The van der Waals surface area contributed by atoms with E-state index in [1.807, 2.05) is 24.3 Å². The number of carbonyl (C=O) groups excluding carboxylic acids is 3. The lowest BCUT2D eigenvalue weighted by Gasteiger charge is -2.18. The van der Waals surface area contributed by atoms with Crippen molar-refractivity contribution in [2.45, 2.75) is 65.0 Å². The fourth-order valence-corrected chi connectivity index (χ4v) is 3.57. The second kappa shape index (κ2) is 9.03. The maximum absolute atomic E-state index is 13.1. The van der Waals surface area contributed by atoms with E-state index in [9.17, 15) is 14.4 Å². The first-order valence-electron chi connectivity index (χ1n) is 10.1. The van der Waals surface area contributed by atoms with Gasteiger partial charge in [0.05, 0.1) is 11.1 Å². The molecule has 3 rings (SSSR count). The molecular weight excluding hydrogens is 370 g/mol. The van der Waals surface area contributed by atoms with Gasteiger partial charge in [-0.2, -0.15) is 0 Å². The predicted octanol–water partition coefficient (Wildman–Crippen LogP) is 3.28. The molecule has 1 heterocycles. The zero-order chi connectivity index (χ0) is 21.0. The molecule has 3 amide bonds. The highest BCUT2D eigenvalue weighted by Crippen LogP contribution is 2.29. The van der Waals surface area contributed by atoms with Crippen molar-refractivity contribution in [3.63, 3.8) is 0 Å². The number of hydrogen-bond acceptors (Lipinski definition) is 5. The summed E-state index contributed by atoms with van der Waals surface area (Å²) in [5, 5.41) is 5.49. The molecular formula is C22H27N3O4. The molecule has 0 saturated heterocycles. The van der Waals surface area contributed by atoms with Crippen LogP contribution in [0.3, 0.4) is 0 Å². The minimum Gasteiger partial charge on any atom is -0.449 e. The van der Waals surface area contributed by atoms with Gasteiger partial charge in [-0.1, -0.05) is 24.6 Å². The molecule has 1 aromatic carbocycles. The third kappa shape index (κ3) is 4.91. The molecule has 0 spiro atoms. The Morgan fingerprint density at radius 2 is 1.76 bits per heavy atom. The van der Waals surface area contributed by atoms with Gasteiger partial charge < -0.3 is 10.1 Å². The van der Waals surface area contributed by atoms with Gasteiger partial charge in [0.2, 0.25) is 0 Å². The van der Waals surface area contributed by atoms with Crippen molar-refractivity contribution in [1.82, 2.24) is 15.6 Å². The summed E-state index contributed by atoms with van der Waals surface area (Å²) >= 11 is 0. The number of nitrogens with zero attached hydrogens (tertiary/aromatic N) is 1. The molecule has 0 radical (unpaired) electrons. The van der Waals surface area contributed by atoms with Crippen LogP contribution >= 0.6 is 0 Å². The summed E-state index contributed by atoms with van der Waals surface area (Å²) in [6, 6.07) is 6.75. The first-order chi connectivity index (χ1) is 13.9. The molecule has 2 aromatic rings. The number of nitrogens with one attached hydrogen (secondary N) is 2. The lowest BCUT2D eigenvalue weighted by molar-refractivity contribution is -0.127. The van der Waals surface area contributed by atoms with E-state index in [1.165, 1.54) is 6.92 Å². The van der Waals surface area contributed by atoms with Crippen molar-refractivity contribution < 1.29 is 19.1 Å². The number of urea groups is 1. The molecule has 154 valence electrons. The van der Waals surface area contributed by atoms with Crippen molar-refractivity contribution in [3.05, 3.63) is 41.1 Å². The van der Waals surface area contributed by atoms with Crippen LogP contribution in [0.2, 0.25) is 0 Å². The molecule has 7 heteroatoms. The molecule has 2 N–H and O–H groups in total. The molecule has 0 saturated carbocycles. The largest absolute Gasteiger partial charge is 0.449 e. The SMILES string of the molecule is CC(C)NC(=O)NC(=O)[C@H](C)OC(=O)c1c2c(nc3ccccc13)CCCCC2. The van der Waals surface area contributed by atoms with E-state index < -0.39 is 24.0 Å². The summed E-state index contributed by atoms with van der Waals surface area (Å²) in [5.74, 6) is -1.23. The normalized spacial score (nSPS) is 14.6. The number of amides is 3. The Morgan fingerprint density at radius 3 is 2.52 bits per heavy atom. The predicted molar refractivity (Wildman–Crippen MR) is 110 cm³/mol. The Labute approximate surface area is 170 Å². The number of benzene rings is 1. The van der Waals surface area contributed by atoms with E-state index in [1.54, 1.807) is 13.8 Å². The summed E-state index contributed by atoms with van der Waals surface area (Å²) in [4.78, 5) is 41.8. The smallest absolute Gasteiger partial charge is 0.339 e. The summed E-state index contributed by atoms with van der Waals surface area (Å²) < 4.78 is 5.46. The minimum atomic E-state index is -1.10. The number of para-hydroxylation sites is 1. The van der Waals surface area contributed by atoms with Crippen LogP contribution in [0, 0.1) is 0 Å². The first-order valence-corrected chi connectivity index (χ1v) is 10.1. The van der Waals surface area contributed by atoms with Gasteiger partial charge in [0.15, 0.2) is 6.10 Å². The average molecular weight is 397 g/mol. The van der Waals surface area contributed by atoms with Crippen LogP contribution in [0.1, 0.15) is 61.6 Å². The van der Waals surface area contributed by atoms with Gasteiger partial charge in [0, 0.05) is 17.1 Å². The Bertz CT molecular complexity index is 939. The van der Waals surface area contributed by atoms with Gasteiger partial charge in [-0.3, -0.25) is 15.1 Å². The number of carbonyl (C=O) groups is 3. The Morgan fingerprint density at radius 1 is 1.03 bits per heavy atom. The van der Waals surface area contributed by atoms with E-state index in [-0.39, 0.29) is 6.04 Å². The van der Waals surface area contributed by atoms with Crippen LogP contribution in [0.15, 0.2) is 24.3 Å². The maximum Gasteiger partial charge on any atom is 0.339 e. The van der Waals surface area contributed by atoms with Gasteiger partial charge in [-0.25, -0.2) is 9.59 Å². The topological polar surface area (TPSA) is 97.4 Å². The Balaban J connectivity index is 1.86. The van der Waals surface area contributed by atoms with Crippen LogP contribution in [-0.4, -0.2) is 35.0 Å². The second-order valence-corrected chi connectivity index (χ2v) is 7.65. The number of aromatic nitrogens is 1. The monoisotopic (exact) mass is 397 g/mol. The molecule has 0 bridgehead atoms. The summed E-state index contributed by atoms with van der Waals surface area (Å²) in [7, 11) is 0. The van der Waals surface area contributed by atoms with E-state index in [0.29, 0.717) is 5.56 Å². The number of hydrogen-bond donors (Lipinski definition) is 2. The van der Waals surface area contributed by atoms with Gasteiger partial charge in [-0.05, 0) is 58.1 Å². The Kier molecular flexibility index (Phi) is 6.46. The standard InChI is InChI=1S/C22H27N3O4/c1-13(2)23-22(28)25-20(26)14(3)29-21(27)19-15-9-5-4-6-11-17(15)24-18-12-8-7-10-16(18)19/h7-8,10,12-14H,4-6,9,11H2,1-3H3,(H2,23,25,26,28)/t14-/m0/s1. The van der Waals surface area contributed by atoms with Crippen LogP contribution in [-0.2, 0) is 22.4 Å². The minimum absolute atomic E-state index is 0.112.